The summed E-state index contributed by atoms with van der Waals surface area (Å²) in [6, 6.07) is 11.7. The van der Waals surface area contributed by atoms with Crippen LogP contribution in [0.3, 0.4) is 0 Å². The monoisotopic (exact) mass is 479 g/mol. The van der Waals surface area contributed by atoms with Gasteiger partial charge in [-0.1, -0.05) is 29.8 Å². The molecule has 10 heteroatoms. The quantitative estimate of drug-likeness (QED) is 0.537. The van der Waals surface area contributed by atoms with Crippen molar-refractivity contribution in [2.75, 3.05) is 26.3 Å². The topological polar surface area (TPSA) is 67.6 Å². The Hall–Kier alpha value is -2.88. The van der Waals surface area contributed by atoms with Crippen molar-refractivity contribution in [1.82, 2.24) is 14.7 Å². The fourth-order valence-corrected chi connectivity index (χ4v) is 4.17. The molecule has 4 rings (SSSR count). The van der Waals surface area contributed by atoms with Gasteiger partial charge in [-0.2, -0.15) is 18.3 Å². The van der Waals surface area contributed by atoms with E-state index in [1.54, 1.807) is 30.3 Å². The maximum absolute atomic E-state index is 13.5. The number of ether oxygens (including phenoxy) is 1. The van der Waals surface area contributed by atoms with Gasteiger partial charge in [0.1, 0.15) is 0 Å². The lowest BCUT2D eigenvalue weighted by molar-refractivity contribution is -0.141. The number of para-hydroxylation sites is 1. The third kappa shape index (κ3) is 4.75. The van der Waals surface area contributed by atoms with Crippen molar-refractivity contribution in [1.29, 1.82) is 0 Å². The number of aromatic nitrogens is 2. The first-order valence-electron chi connectivity index (χ1n) is 10.3. The van der Waals surface area contributed by atoms with E-state index in [1.165, 1.54) is 12.1 Å². The molecule has 1 unspecified atom stereocenters. The lowest BCUT2D eigenvalue weighted by atomic mass is 9.96. The highest BCUT2D eigenvalue weighted by molar-refractivity contribution is 6.32. The first-order chi connectivity index (χ1) is 15.7. The lowest BCUT2D eigenvalue weighted by Gasteiger charge is -2.33. The fraction of sp³-hybridized carbons (Fsp3) is 0.304. The number of carbonyl (C=O) groups is 1. The number of carboxylic acid groups (broad SMARTS) is 1. The van der Waals surface area contributed by atoms with Crippen LogP contribution < -0.4 is 0 Å². The predicted molar refractivity (Wildman–Crippen MR) is 117 cm³/mol. The van der Waals surface area contributed by atoms with Crippen LogP contribution in [0.4, 0.5) is 13.2 Å². The molecule has 0 spiro atoms. The second-order valence-electron chi connectivity index (χ2n) is 7.71. The molecule has 1 aromatic heterocycles. The molecule has 3 aromatic rings. The second-order valence-corrected chi connectivity index (χ2v) is 8.11. The third-order valence-electron chi connectivity index (χ3n) is 5.70. The van der Waals surface area contributed by atoms with E-state index in [1.807, 2.05) is 6.92 Å². The third-order valence-corrected chi connectivity index (χ3v) is 6.02. The van der Waals surface area contributed by atoms with Crippen LogP contribution in [0.2, 0.25) is 5.02 Å². The number of hydrogen-bond acceptors (Lipinski definition) is 4. The highest BCUT2D eigenvalue weighted by Crippen LogP contribution is 2.36. The zero-order valence-electron chi connectivity index (χ0n) is 17.6. The van der Waals surface area contributed by atoms with Crippen molar-refractivity contribution in [3.05, 3.63) is 70.4 Å². The number of rotatable bonds is 5. The molecule has 1 aliphatic heterocycles. The zero-order valence-corrected chi connectivity index (χ0v) is 18.4. The molecule has 0 bridgehead atoms. The number of alkyl halides is 3. The summed E-state index contributed by atoms with van der Waals surface area (Å²) in [5, 5.41) is 13.7. The van der Waals surface area contributed by atoms with E-state index in [-0.39, 0.29) is 28.0 Å². The minimum absolute atomic E-state index is 0.0950. The van der Waals surface area contributed by atoms with E-state index in [2.05, 4.69) is 10.00 Å². The van der Waals surface area contributed by atoms with Crippen molar-refractivity contribution in [3.63, 3.8) is 0 Å². The van der Waals surface area contributed by atoms with E-state index < -0.39 is 17.8 Å². The van der Waals surface area contributed by atoms with Crippen LogP contribution in [0.25, 0.3) is 16.9 Å². The smallest absolute Gasteiger partial charge is 0.435 e. The number of halogens is 4. The minimum Gasteiger partial charge on any atom is -0.478 e. The molecule has 174 valence electrons. The largest absolute Gasteiger partial charge is 0.478 e. The summed E-state index contributed by atoms with van der Waals surface area (Å²) >= 11 is 6.25. The predicted octanol–water partition coefficient (Wildman–Crippen LogP) is 5.30. The van der Waals surface area contributed by atoms with Gasteiger partial charge < -0.3 is 9.84 Å². The van der Waals surface area contributed by atoms with Gasteiger partial charge in [0, 0.05) is 24.7 Å². The SMILES string of the molecule is CC(c1cc(-c2cc(C(F)(F)F)nn2-c2ccccc2Cl)ccc1C(=O)O)N1CCOCC1. The van der Waals surface area contributed by atoms with E-state index in [4.69, 9.17) is 16.3 Å². The van der Waals surface area contributed by atoms with E-state index in [0.29, 0.717) is 37.4 Å². The van der Waals surface area contributed by atoms with Crippen LogP contribution in [0, 0.1) is 0 Å². The van der Waals surface area contributed by atoms with Gasteiger partial charge >= 0.3 is 12.1 Å². The van der Waals surface area contributed by atoms with E-state index in [9.17, 15) is 23.1 Å². The number of nitrogens with zero attached hydrogens (tertiary/aromatic N) is 3. The number of benzene rings is 2. The van der Waals surface area contributed by atoms with Crippen molar-refractivity contribution < 1.29 is 27.8 Å². The summed E-state index contributed by atoms with van der Waals surface area (Å²) in [6.07, 6.45) is -4.66. The van der Waals surface area contributed by atoms with Gasteiger partial charge in [-0.3, -0.25) is 4.90 Å². The van der Waals surface area contributed by atoms with Crippen LogP contribution >= 0.6 is 11.6 Å². The Morgan fingerprint density at radius 3 is 2.48 bits per heavy atom. The van der Waals surface area contributed by atoms with Crippen molar-refractivity contribution in [2.45, 2.75) is 19.1 Å². The van der Waals surface area contributed by atoms with Gasteiger partial charge in [0.05, 0.1) is 35.2 Å². The van der Waals surface area contributed by atoms with Gasteiger partial charge in [-0.25, -0.2) is 9.48 Å². The number of hydrogen-bond donors (Lipinski definition) is 1. The zero-order chi connectivity index (χ0) is 23.8. The molecule has 1 fully saturated rings. The molecule has 0 radical (unpaired) electrons. The van der Waals surface area contributed by atoms with Crippen molar-refractivity contribution in [3.8, 4) is 16.9 Å². The first kappa shape index (κ1) is 23.3. The summed E-state index contributed by atoms with van der Waals surface area (Å²) in [5.41, 5.74) is 0.373. The summed E-state index contributed by atoms with van der Waals surface area (Å²) in [7, 11) is 0. The second kappa shape index (κ2) is 9.17. The molecule has 0 amide bonds. The molecule has 1 N–H and O–H groups in total. The van der Waals surface area contributed by atoms with Crippen molar-refractivity contribution >= 4 is 17.6 Å². The van der Waals surface area contributed by atoms with Gasteiger partial charge in [0.15, 0.2) is 5.69 Å². The molecular weight excluding hydrogens is 459 g/mol. The Labute approximate surface area is 193 Å². The van der Waals surface area contributed by atoms with Crippen LogP contribution in [-0.4, -0.2) is 52.1 Å². The van der Waals surface area contributed by atoms with Gasteiger partial charge in [-0.15, -0.1) is 0 Å². The number of morpholine rings is 1. The maximum atomic E-state index is 13.5. The average Bonchev–Trinajstić information content (AvgIpc) is 3.25. The number of aromatic carboxylic acids is 1. The maximum Gasteiger partial charge on any atom is 0.435 e. The Morgan fingerprint density at radius 2 is 1.85 bits per heavy atom. The normalized spacial score (nSPS) is 16.0. The van der Waals surface area contributed by atoms with E-state index >= 15 is 0 Å². The number of carboxylic acids is 1. The Kier molecular flexibility index (Phi) is 6.47. The first-order valence-corrected chi connectivity index (χ1v) is 10.7. The molecule has 6 nitrogen and oxygen atoms in total. The van der Waals surface area contributed by atoms with Gasteiger partial charge in [0.25, 0.3) is 0 Å². The van der Waals surface area contributed by atoms with Crippen molar-refractivity contribution in [2.24, 2.45) is 0 Å². The molecule has 2 heterocycles. The molecular formula is C23H21ClF3N3O3. The van der Waals surface area contributed by atoms with Crippen LogP contribution in [0.1, 0.15) is 34.6 Å². The molecule has 1 aliphatic rings. The lowest BCUT2D eigenvalue weighted by Crippen LogP contribution is -2.38. The summed E-state index contributed by atoms with van der Waals surface area (Å²) in [6.45, 7) is 4.19. The molecule has 0 aliphatic carbocycles. The summed E-state index contributed by atoms with van der Waals surface area (Å²) < 4.78 is 47.1. The fourth-order valence-electron chi connectivity index (χ4n) is 3.96. The molecule has 1 atom stereocenters. The van der Waals surface area contributed by atoms with E-state index in [0.717, 1.165) is 10.7 Å². The van der Waals surface area contributed by atoms with Crippen LogP contribution in [0.5, 0.6) is 0 Å². The Morgan fingerprint density at radius 1 is 1.15 bits per heavy atom. The minimum atomic E-state index is -4.66. The summed E-state index contributed by atoms with van der Waals surface area (Å²) in [5.74, 6) is -1.10. The Balaban J connectivity index is 1.87. The summed E-state index contributed by atoms with van der Waals surface area (Å²) in [4.78, 5) is 14.0. The van der Waals surface area contributed by atoms with Gasteiger partial charge in [0.2, 0.25) is 0 Å². The highest BCUT2D eigenvalue weighted by Gasteiger charge is 2.36. The van der Waals surface area contributed by atoms with Gasteiger partial charge in [-0.05, 0) is 42.8 Å². The molecule has 1 saturated heterocycles. The Bertz CT molecular complexity index is 1170. The van der Waals surface area contributed by atoms with Crippen LogP contribution in [-0.2, 0) is 10.9 Å². The molecule has 2 aromatic carbocycles. The molecule has 0 saturated carbocycles. The molecule has 33 heavy (non-hydrogen) atoms. The average molecular weight is 480 g/mol. The highest BCUT2D eigenvalue weighted by atomic mass is 35.5. The van der Waals surface area contributed by atoms with Crippen LogP contribution in [0.15, 0.2) is 48.5 Å². The standard InChI is InChI=1S/C23H21ClF3N3O3/c1-14(29-8-10-33-11-9-29)17-12-15(6-7-16(17)22(31)32)20-13-21(23(25,26)27)28-30(20)19-5-3-2-4-18(19)24/h2-7,12-14H,8-11H2,1H3,(H,31,32).